The van der Waals surface area contributed by atoms with Gasteiger partial charge in [-0.25, -0.2) is 0 Å². The van der Waals surface area contributed by atoms with Gasteiger partial charge >= 0.3 is 11.9 Å². The van der Waals surface area contributed by atoms with Gasteiger partial charge in [0, 0.05) is 12.8 Å². The van der Waals surface area contributed by atoms with Gasteiger partial charge in [0.2, 0.25) is 0 Å². The zero-order valence-electron chi connectivity index (χ0n) is 11.6. The highest BCUT2D eigenvalue weighted by Crippen LogP contribution is 2.06. The van der Waals surface area contributed by atoms with Crippen LogP contribution in [-0.4, -0.2) is 44.7 Å². The SMILES string of the molecule is CC(C)COC(=O)CCCC(=O)OC1COCOC1. The molecule has 1 rings (SSSR count). The van der Waals surface area contributed by atoms with Crippen LogP contribution in [0.15, 0.2) is 0 Å². The van der Waals surface area contributed by atoms with E-state index in [2.05, 4.69) is 0 Å². The Morgan fingerprint density at radius 2 is 1.79 bits per heavy atom. The van der Waals surface area contributed by atoms with Crippen LogP contribution in [0.4, 0.5) is 0 Å². The van der Waals surface area contributed by atoms with Crippen molar-refractivity contribution in [3.8, 4) is 0 Å². The van der Waals surface area contributed by atoms with E-state index in [0.29, 0.717) is 32.2 Å². The molecule has 0 aromatic rings. The molecule has 0 saturated carbocycles. The zero-order chi connectivity index (χ0) is 14.1. The molecular formula is C13H22O6. The summed E-state index contributed by atoms with van der Waals surface area (Å²) in [6, 6.07) is 0. The third kappa shape index (κ3) is 7.79. The van der Waals surface area contributed by atoms with Crippen molar-refractivity contribution >= 4 is 11.9 Å². The summed E-state index contributed by atoms with van der Waals surface area (Å²) in [5.74, 6) is -0.290. The first kappa shape index (κ1) is 15.9. The van der Waals surface area contributed by atoms with Gasteiger partial charge in [0.1, 0.15) is 12.9 Å². The first-order chi connectivity index (χ1) is 9.08. The Bertz CT molecular complexity index is 283. The Hall–Kier alpha value is -1.14. The molecule has 0 spiro atoms. The summed E-state index contributed by atoms with van der Waals surface area (Å²) in [5, 5.41) is 0. The van der Waals surface area contributed by atoms with Crippen LogP contribution in [0.3, 0.4) is 0 Å². The number of hydrogen-bond donors (Lipinski definition) is 0. The average molecular weight is 274 g/mol. The Morgan fingerprint density at radius 3 is 2.42 bits per heavy atom. The van der Waals surface area contributed by atoms with Crippen molar-refractivity contribution in [3.63, 3.8) is 0 Å². The smallest absolute Gasteiger partial charge is 0.306 e. The molecule has 6 heteroatoms. The molecule has 6 nitrogen and oxygen atoms in total. The number of esters is 2. The lowest BCUT2D eigenvalue weighted by Gasteiger charge is -2.22. The second-order valence-electron chi connectivity index (χ2n) is 4.90. The maximum absolute atomic E-state index is 11.5. The van der Waals surface area contributed by atoms with Crippen LogP contribution >= 0.6 is 0 Å². The lowest BCUT2D eigenvalue weighted by Crippen LogP contribution is -2.33. The Labute approximate surface area is 113 Å². The molecule has 19 heavy (non-hydrogen) atoms. The Morgan fingerprint density at radius 1 is 1.16 bits per heavy atom. The van der Waals surface area contributed by atoms with Crippen LogP contribution in [-0.2, 0) is 28.5 Å². The molecule has 0 unspecified atom stereocenters. The van der Waals surface area contributed by atoms with Crippen LogP contribution in [0.5, 0.6) is 0 Å². The molecule has 0 atom stereocenters. The minimum Gasteiger partial charge on any atom is -0.465 e. The fourth-order valence-corrected chi connectivity index (χ4v) is 1.49. The third-order valence-electron chi connectivity index (χ3n) is 2.41. The van der Waals surface area contributed by atoms with E-state index >= 15 is 0 Å². The first-order valence-electron chi connectivity index (χ1n) is 6.58. The normalized spacial score (nSPS) is 16.4. The molecule has 0 bridgehead atoms. The van der Waals surface area contributed by atoms with E-state index in [0.717, 1.165) is 0 Å². The molecule has 0 aromatic carbocycles. The monoisotopic (exact) mass is 274 g/mol. The zero-order valence-corrected chi connectivity index (χ0v) is 11.6. The summed E-state index contributed by atoms with van der Waals surface area (Å²) in [6.07, 6.45) is 0.533. The van der Waals surface area contributed by atoms with E-state index in [1.54, 1.807) is 0 Å². The summed E-state index contributed by atoms with van der Waals surface area (Å²) >= 11 is 0. The highest BCUT2D eigenvalue weighted by Gasteiger charge is 2.18. The van der Waals surface area contributed by atoms with Crippen molar-refractivity contribution in [2.75, 3.05) is 26.6 Å². The maximum atomic E-state index is 11.5. The quantitative estimate of drug-likeness (QED) is 0.651. The predicted octanol–water partition coefficient (Wildman–Crippen LogP) is 1.27. The van der Waals surface area contributed by atoms with E-state index in [1.165, 1.54) is 0 Å². The van der Waals surface area contributed by atoms with Gasteiger partial charge in [-0.1, -0.05) is 13.8 Å². The molecule has 0 amide bonds. The van der Waals surface area contributed by atoms with Gasteiger partial charge in [-0.2, -0.15) is 0 Å². The maximum Gasteiger partial charge on any atom is 0.306 e. The largest absolute Gasteiger partial charge is 0.465 e. The molecule has 1 fully saturated rings. The van der Waals surface area contributed by atoms with Gasteiger partial charge in [-0.3, -0.25) is 9.59 Å². The van der Waals surface area contributed by atoms with Crippen LogP contribution < -0.4 is 0 Å². The second-order valence-corrected chi connectivity index (χ2v) is 4.90. The van der Waals surface area contributed by atoms with Crippen LogP contribution in [0.2, 0.25) is 0 Å². The highest BCUT2D eigenvalue weighted by molar-refractivity contribution is 5.72. The fourth-order valence-electron chi connectivity index (χ4n) is 1.49. The molecule has 0 aromatic heterocycles. The van der Waals surface area contributed by atoms with Gasteiger partial charge in [-0.05, 0) is 12.3 Å². The fraction of sp³-hybridized carbons (Fsp3) is 0.846. The summed E-state index contributed by atoms with van der Waals surface area (Å²) in [7, 11) is 0. The number of carbonyl (C=O) groups is 2. The molecule has 1 aliphatic rings. The summed E-state index contributed by atoms with van der Waals surface area (Å²) in [5.41, 5.74) is 0. The minimum absolute atomic E-state index is 0.202. The standard InChI is InChI=1S/C13H22O6/c1-10(2)6-18-12(14)4-3-5-13(15)19-11-7-16-9-17-8-11/h10-11H,3-9H2,1-2H3. The number of ether oxygens (including phenoxy) is 4. The molecule has 0 aliphatic carbocycles. The van der Waals surface area contributed by atoms with E-state index in [-0.39, 0.29) is 37.7 Å². The van der Waals surface area contributed by atoms with Crippen LogP contribution in [0.25, 0.3) is 0 Å². The Kier molecular flexibility index (Phi) is 7.43. The van der Waals surface area contributed by atoms with Crippen molar-refractivity contribution in [2.45, 2.75) is 39.2 Å². The number of hydrogen-bond acceptors (Lipinski definition) is 6. The van der Waals surface area contributed by atoms with Gasteiger partial charge in [-0.15, -0.1) is 0 Å². The second kappa shape index (κ2) is 8.87. The van der Waals surface area contributed by atoms with Crippen LogP contribution in [0, 0.1) is 5.92 Å². The summed E-state index contributed by atoms with van der Waals surface area (Å²) in [4.78, 5) is 22.8. The molecule has 0 N–H and O–H groups in total. The number of rotatable bonds is 7. The van der Waals surface area contributed by atoms with Gasteiger partial charge in [0.15, 0.2) is 0 Å². The van der Waals surface area contributed by atoms with Crippen molar-refractivity contribution in [1.82, 2.24) is 0 Å². The molecule has 1 aliphatic heterocycles. The van der Waals surface area contributed by atoms with E-state index < -0.39 is 0 Å². The average Bonchev–Trinajstić information content (AvgIpc) is 2.37. The van der Waals surface area contributed by atoms with Gasteiger partial charge in [0.25, 0.3) is 0 Å². The molecular weight excluding hydrogens is 252 g/mol. The molecule has 1 heterocycles. The van der Waals surface area contributed by atoms with Crippen molar-refractivity contribution < 1.29 is 28.5 Å². The topological polar surface area (TPSA) is 71.1 Å². The lowest BCUT2D eigenvalue weighted by atomic mass is 10.2. The molecule has 110 valence electrons. The van der Waals surface area contributed by atoms with E-state index in [9.17, 15) is 9.59 Å². The third-order valence-corrected chi connectivity index (χ3v) is 2.41. The Balaban J connectivity index is 2.04. The van der Waals surface area contributed by atoms with E-state index in [1.807, 2.05) is 13.8 Å². The predicted molar refractivity (Wildman–Crippen MR) is 66.3 cm³/mol. The number of carbonyl (C=O) groups excluding carboxylic acids is 2. The molecule has 0 radical (unpaired) electrons. The van der Waals surface area contributed by atoms with Gasteiger partial charge < -0.3 is 18.9 Å². The van der Waals surface area contributed by atoms with E-state index in [4.69, 9.17) is 18.9 Å². The summed E-state index contributed by atoms with van der Waals surface area (Å²) < 4.78 is 20.1. The van der Waals surface area contributed by atoms with Gasteiger partial charge in [0.05, 0.1) is 19.8 Å². The first-order valence-corrected chi connectivity index (χ1v) is 6.58. The van der Waals surface area contributed by atoms with Crippen LogP contribution in [0.1, 0.15) is 33.1 Å². The van der Waals surface area contributed by atoms with Crippen molar-refractivity contribution in [2.24, 2.45) is 5.92 Å². The minimum atomic E-state index is -0.339. The van der Waals surface area contributed by atoms with Crippen molar-refractivity contribution in [1.29, 1.82) is 0 Å². The summed E-state index contributed by atoms with van der Waals surface area (Å²) in [6.45, 7) is 5.33. The molecule has 1 saturated heterocycles. The highest BCUT2D eigenvalue weighted by atomic mass is 16.7. The van der Waals surface area contributed by atoms with Crippen molar-refractivity contribution in [3.05, 3.63) is 0 Å². The lowest BCUT2D eigenvalue weighted by molar-refractivity contribution is -0.183.